The maximum Gasteiger partial charge on any atom is 0.171 e. The van der Waals surface area contributed by atoms with Crippen molar-refractivity contribution in [2.45, 2.75) is 6.10 Å². The predicted octanol–water partition coefficient (Wildman–Crippen LogP) is 2.99. The normalized spacial score (nSPS) is 12.2. The highest BCUT2D eigenvalue weighted by atomic mass is 32.1. The van der Waals surface area contributed by atoms with Crippen molar-refractivity contribution in [1.29, 1.82) is 0 Å². The Balaban J connectivity index is 2.43. The Kier molecular flexibility index (Phi) is 3.84. The van der Waals surface area contributed by atoms with Crippen LogP contribution in [0.3, 0.4) is 0 Å². The van der Waals surface area contributed by atoms with Gasteiger partial charge in [-0.3, -0.25) is 0 Å². The maximum atomic E-state index is 14.0. The van der Waals surface area contributed by atoms with E-state index in [1.165, 1.54) is 37.7 Å². The van der Waals surface area contributed by atoms with Crippen molar-refractivity contribution in [1.82, 2.24) is 0 Å². The smallest absolute Gasteiger partial charge is 0.171 e. The average Bonchev–Trinajstić information content (AvgIpc) is 2.86. The zero-order valence-electron chi connectivity index (χ0n) is 10.0. The van der Waals surface area contributed by atoms with Crippen molar-refractivity contribution >= 4 is 11.3 Å². The summed E-state index contributed by atoms with van der Waals surface area (Å²) < 4.78 is 24.0. The lowest BCUT2D eigenvalue weighted by molar-refractivity contribution is 0.212. The summed E-state index contributed by atoms with van der Waals surface area (Å²) in [7, 11) is 2.90. The highest BCUT2D eigenvalue weighted by Gasteiger charge is 2.21. The summed E-state index contributed by atoms with van der Waals surface area (Å²) in [6.07, 6.45) is -1.06. The fraction of sp³-hybridized carbons (Fsp3) is 0.231. The molecule has 3 nitrogen and oxygen atoms in total. The first-order chi connectivity index (χ1) is 8.69. The summed E-state index contributed by atoms with van der Waals surface area (Å²) in [5.74, 6) is 0.111. The molecule has 0 spiro atoms. The Morgan fingerprint density at radius 3 is 2.56 bits per heavy atom. The lowest BCUT2D eigenvalue weighted by atomic mass is 10.1. The minimum absolute atomic E-state index is 0.113. The molecule has 0 amide bonds. The van der Waals surface area contributed by atoms with Crippen LogP contribution in [0.5, 0.6) is 11.5 Å². The topological polar surface area (TPSA) is 38.7 Å². The van der Waals surface area contributed by atoms with E-state index in [1.54, 1.807) is 17.5 Å². The molecule has 0 radical (unpaired) electrons. The molecule has 1 heterocycles. The average molecular weight is 268 g/mol. The van der Waals surface area contributed by atoms with E-state index in [0.29, 0.717) is 10.6 Å². The fourth-order valence-electron chi connectivity index (χ4n) is 1.71. The number of methoxy groups -OCH3 is 2. The molecule has 0 aliphatic heterocycles. The second kappa shape index (κ2) is 5.37. The Morgan fingerprint density at radius 2 is 1.89 bits per heavy atom. The van der Waals surface area contributed by atoms with E-state index in [4.69, 9.17) is 9.47 Å². The third-order valence-electron chi connectivity index (χ3n) is 2.63. The number of hydrogen-bond donors (Lipinski definition) is 1. The van der Waals surface area contributed by atoms with Crippen LogP contribution in [0, 0.1) is 5.82 Å². The fourth-order valence-corrected chi connectivity index (χ4v) is 2.58. The van der Waals surface area contributed by atoms with Crippen molar-refractivity contribution in [3.8, 4) is 11.5 Å². The van der Waals surface area contributed by atoms with Crippen LogP contribution in [0.15, 0.2) is 29.6 Å². The number of aliphatic hydroxyl groups excluding tert-OH is 1. The van der Waals surface area contributed by atoms with Gasteiger partial charge in [0.2, 0.25) is 0 Å². The highest BCUT2D eigenvalue weighted by Crippen LogP contribution is 2.37. The molecule has 5 heteroatoms. The molecule has 18 heavy (non-hydrogen) atoms. The van der Waals surface area contributed by atoms with Gasteiger partial charge in [0.15, 0.2) is 11.6 Å². The van der Waals surface area contributed by atoms with E-state index >= 15 is 0 Å². The molecule has 2 rings (SSSR count). The van der Waals surface area contributed by atoms with Gasteiger partial charge in [0.1, 0.15) is 11.9 Å². The second-order valence-corrected chi connectivity index (χ2v) is 4.57. The van der Waals surface area contributed by atoms with Gasteiger partial charge in [-0.15, -0.1) is 11.3 Å². The van der Waals surface area contributed by atoms with Gasteiger partial charge in [-0.05, 0) is 17.5 Å². The Hall–Kier alpha value is -1.59. The zero-order chi connectivity index (χ0) is 13.1. The molecule has 1 atom stereocenters. The van der Waals surface area contributed by atoms with Gasteiger partial charge in [-0.2, -0.15) is 0 Å². The van der Waals surface area contributed by atoms with Gasteiger partial charge in [0.05, 0.1) is 19.1 Å². The van der Waals surface area contributed by atoms with E-state index in [9.17, 15) is 9.50 Å². The van der Waals surface area contributed by atoms with Crippen LogP contribution in [0.1, 0.15) is 16.5 Å². The molecule has 0 aliphatic rings. The van der Waals surface area contributed by atoms with Crippen LogP contribution in [0.2, 0.25) is 0 Å². The molecule has 0 fully saturated rings. The first-order valence-corrected chi connectivity index (χ1v) is 6.18. The zero-order valence-corrected chi connectivity index (χ0v) is 10.8. The second-order valence-electron chi connectivity index (χ2n) is 3.62. The SMILES string of the molecule is COc1ccsc1C(O)c1cccc(OC)c1F. The van der Waals surface area contributed by atoms with Crippen LogP contribution >= 0.6 is 11.3 Å². The van der Waals surface area contributed by atoms with Crippen LogP contribution in [-0.4, -0.2) is 19.3 Å². The monoisotopic (exact) mass is 268 g/mol. The van der Waals surface area contributed by atoms with Crippen LogP contribution in [0.25, 0.3) is 0 Å². The lowest BCUT2D eigenvalue weighted by Gasteiger charge is -2.13. The van der Waals surface area contributed by atoms with Crippen LogP contribution < -0.4 is 9.47 Å². The molecule has 1 N–H and O–H groups in total. The third-order valence-corrected chi connectivity index (χ3v) is 3.58. The van der Waals surface area contributed by atoms with E-state index in [1.807, 2.05) is 0 Å². The van der Waals surface area contributed by atoms with E-state index < -0.39 is 11.9 Å². The van der Waals surface area contributed by atoms with Crippen LogP contribution in [-0.2, 0) is 0 Å². The van der Waals surface area contributed by atoms with Crippen molar-refractivity contribution in [2.24, 2.45) is 0 Å². The Labute approximate surface area is 108 Å². The number of ether oxygens (including phenoxy) is 2. The van der Waals surface area contributed by atoms with E-state index in [0.717, 1.165) is 0 Å². The molecular formula is C13H13FO3S. The molecule has 0 saturated carbocycles. The summed E-state index contributed by atoms with van der Waals surface area (Å²) in [5.41, 5.74) is 0.176. The summed E-state index contributed by atoms with van der Waals surface area (Å²) in [6.45, 7) is 0. The molecule has 0 saturated heterocycles. The third kappa shape index (κ3) is 2.19. The Morgan fingerprint density at radius 1 is 1.17 bits per heavy atom. The van der Waals surface area contributed by atoms with E-state index in [-0.39, 0.29) is 11.3 Å². The lowest BCUT2D eigenvalue weighted by Crippen LogP contribution is -2.03. The summed E-state index contributed by atoms with van der Waals surface area (Å²) in [6, 6.07) is 6.42. The molecule has 1 aromatic carbocycles. The van der Waals surface area contributed by atoms with Gasteiger partial charge in [-0.25, -0.2) is 4.39 Å². The van der Waals surface area contributed by atoms with Gasteiger partial charge in [-0.1, -0.05) is 12.1 Å². The standard InChI is InChI=1S/C13H13FO3S/c1-16-9-5-3-4-8(11(9)14)12(15)13-10(17-2)6-7-18-13/h3-7,12,15H,1-2H3. The summed E-state index contributed by atoms with van der Waals surface area (Å²) in [4.78, 5) is 0.574. The van der Waals surface area contributed by atoms with Gasteiger partial charge in [0, 0.05) is 5.56 Å². The minimum atomic E-state index is -1.06. The number of rotatable bonds is 4. The number of hydrogen-bond acceptors (Lipinski definition) is 4. The first-order valence-electron chi connectivity index (χ1n) is 5.31. The highest BCUT2D eigenvalue weighted by molar-refractivity contribution is 7.10. The minimum Gasteiger partial charge on any atom is -0.495 e. The quantitative estimate of drug-likeness (QED) is 0.926. The van der Waals surface area contributed by atoms with Crippen molar-refractivity contribution in [2.75, 3.05) is 14.2 Å². The van der Waals surface area contributed by atoms with Crippen molar-refractivity contribution in [3.63, 3.8) is 0 Å². The molecule has 0 bridgehead atoms. The molecule has 2 aromatic rings. The number of benzene rings is 1. The summed E-state index contributed by atoms with van der Waals surface area (Å²) in [5, 5.41) is 12.0. The van der Waals surface area contributed by atoms with Gasteiger partial charge < -0.3 is 14.6 Å². The van der Waals surface area contributed by atoms with Crippen molar-refractivity contribution in [3.05, 3.63) is 45.9 Å². The molecule has 1 aromatic heterocycles. The van der Waals surface area contributed by atoms with E-state index in [2.05, 4.69) is 0 Å². The van der Waals surface area contributed by atoms with Gasteiger partial charge in [0.25, 0.3) is 0 Å². The van der Waals surface area contributed by atoms with Gasteiger partial charge >= 0.3 is 0 Å². The molecular weight excluding hydrogens is 255 g/mol. The van der Waals surface area contributed by atoms with Crippen molar-refractivity contribution < 1.29 is 19.0 Å². The number of halogens is 1. The first kappa shape index (κ1) is 12.9. The molecule has 1 unspecified atom stereocenters. The number of aliphatic hydroxyl groups is 1. The van der Waals surface area contributed by atoms with Crippen LogP contribution in [0.4, 0.5) is 4.39 Å². The predicted molar refractivity (Wildman–Crippen MR) is 67.9 cm³/mol. The Bertz CT molecular complexity index is 539. The number of thiophene rings is 1. The maximum absolute atomic E-state index is 14.0. The molecule has 96 valence electrons. The largest absolute Gasteiger partial charge is 0.495 e. The molecule has 0 aliphatic carbocycles. The summed E-state index contributed by atoms with van der Waals surface area (Å²) >= 11 is 1.32.